The van der Waals surface area contributed by atoms with Crippen molar-refractivity contribution in [3.8, 4) is 5.75 Å². The van der Waals surface area contributed by atoms with Crippen molar-refractivity contribution < 1.29 is 18.7 Å². The van der Waals surface area contributed by atoms with Gasteiger partial charge in [-0.2, -0.15) is 0 Å². The van der Waals surface area contributed by atoms with Gasteiger partial charge in [0.25, 0.3) is 0 Å². The molecule has 0 spiro atoms. The van der Waals surface area contributed by atoms with Gasteiger partial charge in [-0.1, -0.05) is 0 Å². The largest absolute Gasteiger partial charge is 0.497 e. The first kappa shape index (κ1) is 18.3. The molecule has 0 aliphatic carbocycles. The number of hydrogen-bond donors (Lipinski definition) is 2. The van der Waals surface area contributed by atoms with E-state index >= 15 is 0 Å². The first-order valence-electron chi connectivity index (χ1n) is 8.73. The maximum absolute atomic E-state index is 12.3. The van der Waals surface area contributed by atoms with Crippen molar-refractivity contribution in [1.82, 2.24) is 10.2 Å². The molecule has 1 fully saturated rings. The Labute approximate surface area is 153 Å². The van der Waals surface area contributed by atoms with Gasteiger partial charge in [-0.3, -0.25) is 4.90 Å². The summed E-state index contributed by atoms with van der Waals surface area (Å²) in [6, 6.07) is 10.8. The summed E-state index contributed by atoms with van der Waals surface area (Å²) in [5, 5.41) is 5.77. The number of benzene rings is 1. The highest BCUT2D eigenvalue weighted by molar-refractivity contribution is 5.89. The second-order valence-corrected chi connectivity index (χ2v) is 6.18. The summed E-state index contributed by atoms with van der Waals surface area (Å²) in [6.45, 7) is 5.37. The molecule has 0 radical (unpaired) electrons. The molecule has 2 heterocycles. The number of rotatable bonds is 6. The standard InChI is InChI=1S/C19H25N3O4/c1-14-3-8-18(26-14)17(22-9-11-25-12-10-22)13-20-19(23)21-15-4-6-16(24-2)7-5-15/h3-8,17H,9-13H2,1-2H3,(H2,20,21,23). The Hall–Kier alpha value is -2.51. The van der Waals surface area contributed by atoms with Crippen LogP contribution in [0.25, 0.3) is 0 Å². The van der Waals surface area contributed by atoms with Gasteiger partial charge in [-0.15, -0.1) is 0 Å². The molecule has 0 saturated carbocycles. The fourth-order valence-corrected chi connectivity index (χ4v) is 2.97. The van der Waals surface area contributed by atoms with Crippen LogP contribution in [0.5, 0.6) is 5.75 Å². The summed E-state index contributed by atoms with van der Waals surface area (Å²) in [5.74, 6) is 2.46. The number of hydrogen-bond acceptors (Lipinski definition) is 5. The van der Waals surface area contributed by atoms with Gasteiger partial charge in [0.2, 0.25) is 0 Å². The molecule has 0 bridgehead atoms. The van der Waals surface area contributed by atoms with E-state index in [1.165, 1.54) is 0 Å². The van der Waals surface area contributed by atoms with E-state index in [9.17, 15) is 4.79 Å². The molecular formula is C19H25N3O4. The minimum atomic E-state index is -0.253. The smallest absolute Gasteiger partial charge is 0.319 e. The monoisotopic (exact) mass is 359 g/mol. The van der Waals surface area contributed by atoms with Crippen molar-refractivity contribution in [2.45, 2.75) is 13.0 Å². The third-order valence-electron chi connectivity index (χ3n) is 4.38. The number of carbonyl (C=O) groups excluding carboxylic acids is 1. The second-order valence-electron chi connectivity index (χ2n) is 6.18. The van der Waals surface area contributed by atoms with Crippen LogP contribution in [-0.2, 0) is 4.74 Å². The lowest BCUT2D eigenvalue weighted by molar-refractivity contribution is 0.0122. The molecule has 1 aromatic heterocycles. The number of ether oxygens (including phenoxy) is 2. The van der Waals surface area contributed by atoms with E-state index in [1.54, 1.807) is 31.4 Å². The number of morpholine rings is 1. The molecule has 2 aromatic rings. The van der Waals surface area contributed by atoms with E-state index in [1.807, 2.05) is 19.1 Å². The topological polar surface area (TPSA) is 76.0 Å². The van der Waals surface area contributed by atoms with Crippen LogP contribution in [0.4, 0.5) is 10.5 Å². The normalized spacial score (nSPS) is 16.1. The maximum atomic E-state index is 12.3. The average molecular weight is 359 g/mol. The van der Waals surface area contributed by atoms with Crippen LogP contribution >= 0.6 is 0 Å². The number of nitrogens with one attached hydrogen (secondary N) is 2. The second kappa shape index (κ2) is 8.73. The van der Waals surface area contributed by atoms with Gasteiger partial charge < -0.3 is 24.5 Å². The van der Waals surface area contributed by atoms with Gasteiger partial charge in [0.1, 0.15) is 17.3 Å². The minimum Gasteiger partial charge on any atom is -0.497 e. The highest BCUT2D eigenvalue weighted by Crippen LogP contribution is 2.23. The molecule has 7 nitrogen and oxygen atoms in total. The van der Waals surface area contributed by atoms with Crippen LogP contribution in [-0.4, -0.2) is 50.9 Å². The Kier molecular flexibility index (Phi) is 6.14. The van der Waals surface area contributed by atoms with E-state index in [0.29, 0.717) is 25.4 Å². The van der Waals surface area contributed by atoms with Crippen LogP contribution in [0, 0.1) is 6.92 Å². The summed E-state index contributed by atoms with van der Waals surface area (Å²) in [5.41, 5.74) is 0.708. The highest BCUT2D eigenvalue weighted by atomic mass is 16.5. The molecule has 26 heavy (non-hydrogen) atoms. The van der Waals surface area contributed by atoms with Crippen molar-refractivity contribution in [2.24, 2.45) is 0 Å². The molecule has 2 amide bonds. The molecular weight excluding hydrogens is 334 g/mol. The Balaban J connectivity index is 1.60. The zero-order chi connectivity index (χ0) is 18.4. The summed E-state index contributed by atoms with van der Waals surface area (Å²) >= 11 is 0. The molecule has 1 aliphatic rings. The highest BCUT2D eigenvalue weighted by Gasteiger charge is 2.25. The number of anilines is 1. The predicted octanol–water partition coefficient (Wildman–Crippen LogP) is 2.79. The van der Waals surface area contributed by atoms with E-state index in [0.717, 1.165) is 30.4 Å². The summed E-state index contributed by atoms with van der Waals surface area (Å²) < 4.78 is 16.4. The summed E-state index contributed by atoms with van der Waals surface area (Å²) in [6.07, 6.45) is 0. The van der Waals surface area contributed by atoms with E-state index in [4.69, 9.17) is 13.9 Å². The fraction of sp³-hybridized carbons (Fsp3) is 0.421. The van der Waals surface area contributed by atoms with Gasteiger partial charge in [0, 0.05) is 25.3 Å². The Morgan fingerprint density at radius 2 is 1.92 bits per heavy atom. The van der Waals surface area contributed by atoms with Crippen molar-refractivity contribution in [3.63, 3.8) is 0 Å². The van der Waals surface area contributed by atoms with E-state index < -0.39 is 0 Å². The fourth-order valence-electron chi connectivity index (χ4n) is 2.97. The zero-order valence-corrected chi connectivity index (χ0v) is 15.2. The number of carbonyl (C=O) groups is 1. The van der Waals surface area contributed by atoms with Crippen molar-refractivity contribution in [3.05, 3.63) is 47.9 Å². The van der Waals surface area contributed by atoms with Gasteiger partial charge in [-0.25, -0.2) is 4.79 Å². The third-order valence-corrected chi connectivity index (χ3v) is 4.38. The summed E-state index contributed by atoms with van der Waals surface area (Å²) in [7, 11) is 1.61. The number of nitrogens with zero attached hydrogens (tertiary/aromatic N) is 1. The van der Waals surface area contributed by atoms with Crippen molar-refractivity contribution >= 4 is 11.7 Å². The summed E-state index contributed by atoms with van der Waals surface area (Å²) in [4.78, 5) is 14.5. The maximum Gasteiger partial charge on any atom is 0.319 e. The quantitative estimate of drug-likeness (QED) is 0.829. The van der Waals surface area contributed by atoms with Gasteiger partial charge in [0.05, 0.1) is 26.4 Å². The first-order valence-corrected chi connectivity index (χ1v) is 8.73. The van der Waals surface area contributed by atoms with Crippen LogP contribution in [0.3, 0.4) is 0 Å². The predicted molar refractivity (Wildman–Crippen MR) is 98.6 cm³/mol. The van der Waals surface area contributed by atoms with Gasteiger partial charge in [0.15, 0.2) is 0 Å². The lowest BCUT2D eigenvalue weighted by atomic mass is 10.1. The molecule has 1 aromatic carbocycles. The Bertz CT molecular complexity index is 708. The van der Waals surface area contributed by atoms with E-state index in [-0.39, 0.29) is 12.1 Å². The van der Waals surface area contributed by atoms with Crippen LogP contribution in [0.15, 0.2) is 40.8 Å². The third kappa shape index (κ3) is 4.77. The number of furan rings is 1. The molecule has 3 rings (SSSR count). The molecule has 1 unspecified atom stereocenters. The lowest BCUT2D eigenvalue weighted by Gasteiger charge is -2.33. The van der Waals surface area contributed by atoms with Crippen molar-refractivity contribution in [2.75, 3.05) is 45.3 Å². The Morgan fingerprint density at radius 1 is 1.19 bits per heavy atom. The number of urea groups is 1. The molecule has 1 aliphatic heterocycles. The van der Waals surface area contributed by atoms with E-state index in [2.05, 4.69) is 15.5 Å². The van der Waals surface area contributed by atoms with Crippen LogP contribution < -0.4 is 15.4 Å². The lowest BCUT2D eigenvalue weighted by Crippen LogP contribution is -2.44. The minimum absolute atomic E-state index is 0.0192. The number of aryl methyl sites for hydroxylation is 1. The van der Waals surface area contributed by atoms with Gasteiger partial charge >= 0.3 is 6.03 Å². The molecule has 1 atom stereocenters. The van der Waals surface area contributed by atoms with Crippen LogP contribution in [0.1, 0.15) is 17.6 Å². The van der Waals surface area contributed by atoms with Crippen LogP contribution in [0.2, 0.25) is 0 Å². The average Bonchev–Trinajstić information content (AvgIpc) is 3.09. The molecule has 2 N–H and O–H groups in total. The Morgan fingerprint density at radius 3 is 2.54 bits per heavy atom. The molecule has 1 saturated heterocycles. The first-order chi connectivity index (χ1) is 12.7. The number of amides is 2. The zero-order valence-electron chi connectivity index (χ0n) is 15.2. The SMILES string of the molecule is COc1ccc(NC(=O)NCC(c2ccc(C)o2)N2CCOCC2)cc1. The molecule has 140 valence electrons. The van der Waals surface area contributed by atoms with Gasteiger partial charge in [-0.05, 0) is 43.3 Å². The molecule has 7 heteroatoms. The number of methoxy groups -OCH3 is 1. The van der Waals surface area contributed by atoms with Crippen molar-refractivity contribution in [1.29, 1.82) is 0 Å².